The third-order valence-electron chi connectivity index (χ3n) is 4.65. The maximum Gasteiger partial charge on any atom is 0.254 e. The van der Waals surface area contributed by atoms with Gasteiger partial charge in [0.15, 0.2) is 11.5 Å². The van der Waals surface area contributed by atoms with Crippen molar-refractivity contribution in [2.24, 2.45) is 0 Å². The lowest BCUT2D eigenvalue weighted by Gasteiger charge is -2.25. The molecule has 0 bridgehead atoms. The largest absolute Gasteiger partial charge is 0.493 e. The van der Waals surface area contributed by atoms with Crippen LogP contribution in [0.25, 0.3) is 0 Å². The van der Waals surface area contributed by atoms with Gasteiger partial charge < -0.3 is 14.4 Å². The summed E-state index contributed by atoms with van der Waals surface area (Å²) in [6, 6.07) is 11.9. The summed E-state index contributed by atoms with van der Waals surface area (Å²) in [6.07, 6.45) is 2.67. The van der Waals surface area contributed by atoms with Gasteiger partial charge in [-0.25, -0.2) is 4.39 Å². The van der Waals surface area contributed by atoms with E-state index < -0.39 is 0 Å². The average Bonchev–Trinajstić information content (AvgIpc) is 3.10. The molecular formula is C20H22FNO3. The van der Waals surface area contributed by atoms with Gasteiger partial charge in [-0.05, 0) is 55.2 Å². The summed E-state index contributed by atoms with van der Waals surface area (Å²) in [4.78, 5) is 14.8. The van der Waals surface area contributed by atoms with Crippen molar-refractivity contribution in [2.45, 2.75) is 25.3 Å². The molecule has 1 atom stereocenters. The molecule has 2 aromatic rings. The van der Waals surface area contributed by atoms with Gasteiger partial charge in [0.2, 0.25) is 0 Å². The number of likely N-dealkylation sites (tertiary alicyclic amines) is 1. The zero-order valence-electron chi connectivity index (χ0n) is 14.5. The first kappa shape index (κ1) is 17.3. The van der Waals surface area contributed by atoms with Crippen LogP contribution in [-0.4, -0.2) is 37.6 Å². The van der Waals surface area contributed by atoms with E-state index in [9.17, 15) is 9.18 Å². The predicted molar refractivity (Wildman–Crippen MR) is 93.7 cm³/mol. The van der Waals surface area contributed by atoms with E-state index in [0.717, 1.165) is 31.4 Å². The molecule has 3 rings (SSSR count). The van der Waals surface area contributed by atoms with Gasteiger partial charge in [-0.15, -0.1) is 0 Å². The first-order valence-corrected chi connectivity index (χ1v) is 8.40. The number of amides is 1. The van der Waals surface area contributed by atoms with Crippen molar-refractivity contribution >= 4 is 5.91 Å². The maximum absolute atomic E-state index is 13.1. The molecule has 1 aliphatic heterocycles. The zero-order valence-corrected chi connectivity index (χ0v) is 14.5. The Labute approximate surface area is 147 Å². The minimum absolute atomic E-state index is 0.00874. The second-order valence-corrected chi connectivity index (χ2v) is 6.19. The number of halogens is 1. The molecule has 0 N–H and O–H groups in total. The summed E-state index contributed by atoms with van der Waals surface area (Å²) < 4.78 is 23.6. The minimum Gasteiger partial charge on any atom is -0.493 e. The first-order valence-electron chi connectivity index (χ1n) is 8.40. The zero-order chi connectivity index (χ0) is 17.8. The van der Waals surface area contributed by atoms with E-state index in [1.54, 1.807) is 44.6 Å². The summed E-state index contributed by atoms with van der Waals surface area (Å²) in [5.74, 6) is 0.893. The number of carbonyl (C=O) groups is 1. The number of hydrogen-bond donors (Lipinski definition) is 0. The Hall–Kier alpha value is -2.56. The summed E-state index contributed by atoms with van der Waals surface area (Å²) in [6.45, 7) is 0.735. The van der Waals surface area contributed by atoms with Crippen molar-refractivity contribution < 1.29 is 18.7 Å². The Bertz CT molecular complexity index is 745. The van der Waals surface area contributed by atoms with Crippen LogP contribution in [0.1, 0.15) is 28.8 Å². The van der Waals surface area contributed by atoms with Crippen LogP contribution in [0.15, 0.2) is 42.5 Å². The second-order valence-electron chi connectivity index (χ2n) is 6.19. The number of carbonyl (C=O) groups excluding carboxylic acids is 1. The Morgan fingerprint density at radius 2 is 1.84 bits per heavy atom. The van der Waals surface area contributed by atoms with Crippen molar-refractivity contribution in [3.63, 3.8) is 0 Å². The van der Waals surface area contributed by atoms with Crippen LogP contribution < -0.4 is 9.47 Å². The molecule has 0 saturated carbocycles. The number of nitrogens with zero attached hydrogens (tertiary/aromatic N) is 1. The SMILES string of the molecule is COc1ccc(C(=O)N2CCCC2Cc2ccc(F)cc2)cc1OC. The van der Waals surface area contributed by atoms with Crippen molar-refractivity contribution in [3.05, 3.63) is 59.4 Å². The standard InChI is InChI=1S/C20H22FNO3/c1-24-18-10-7-15(13-19(18)25-2)20(23)22-11-3-4-17(22)12-14-5-8-16(21)9-6-14/h5-10,13,17H,3-4,11-12H2,1-2H3. The molecule has 0 spiro atoms. The van der Waals surface area contributed by atoms with Crippen molar-refractivity contribution in [1.82, 2.24) is 4.90 Å². The summed E-state index contributed by atoms with van der Waals surface area (Å²) in [7, 11) is 3.12. The van der Waals surface area contributed by atoms with Gasteiger partial charge in [-0.3, -0.25) is 4.79 Å². The Morgan fingerprint density at radius 3 is 2.52 bits per heavy atom. The first-order chi connectivity index (χ1) is 12.1. The van der Waals surface area contributed by atoms with Crippen LogP contribution in [0, 0.1) is 5.82 Å². The quantitative estimate of drug-likeness (QED) is 0.831. The molecule has 1 fully saturated rings. The maximum atomic E-state index is 13.1. The molecule has 0 aliphatic carbocycles. The van der Waals surface area contributed by atoms with E-state index in [1.807, 2.05) is 4.90 Å². The third kappa shape index (κ3) is 3.76. The summed E-state index contributed by atoms with van der Waals surface area (Å²) in [5, 5.41) is 0. The highest BCUT2D eigenvalue weighted by atomic mass is 19.1. The van der Waals surface area contributed by atoms with Gasteiger partial charge in [0, 0.05) is 18.2 Å². The molecule has 0 radical (unpaired) electrons. The van der Waals surface area contributed by atoms with Crippen molar-refractivity contribution in [1.29, 1.82) is 0 Å². The minimum atomic E-state index is -0.242. The number of ether oxygens (including phenoxy) is 2. The van der Waals surface area contributed by atoms with Gasteiger partial charge >= 0.3 is 0 Å². The molecule has 1 heterocycles. The molecule has 1 aliphatic rings. The molecular weight excluding hydrogens is 321 g/mol. The molecule has 0 aromatic heterocycles. The highest BCUT2D eigenvalue weighted by molar-refractivity contribution is 5.95. The number of methoxy groups -OCH3 is 2. The van der Waals surface area contributed by atoms with Crippen molar-refractivity contribution in [3.8, 4) is 11.5 Å². The molecule has 1 saturated heterocycles. The molecule has 25 heavy (non-hydrogen) atoms. The normalized spacial score (nSPS) is 16.8. The van der Waals surface area contributed by atoms with Gasteiger partial charge in [0.1, 0.15) is 5.82 Å². The topological polar surface area (TPSA) is 38.8 Å². The Balaban J connectivity index is 1.77. The fraction of sp³-hybridized carbons (Fsp3) is 0.350. The third-order valence-corrected chi connectivity index (χ3v) is 4.65. The number of hydrogen-bond acceptors (Lipinski definition) is 3. The Kier molecular flexibility index (Phi) is 5.22. The van der Waals surface area contributed by atoms with E-state index in [2.05, 4.69) is 0 Å². The van der Waals surface area contributed by atoms with Gasteiger partial charge in [-0.2, -0.15) is 0 Å². The predicted octanol–water partition coefficient (Wildman–Crippen LogP) is 3.69. The fourth-order valence-corrected chi connectivity index (χ4v) is 3.34. The lowest BCUT2D eigenvalue weighted by molar-refractivity contribution is 0.0736. The molecule has 1 unspecified atom stereocenters. The van der Waals surface area contributed by atoms with Crippen LogP contribution in [0.2, 0.25) is 0 Å². The summed E-state index contributed by atoms with van der Waals surface area (Å²) in [5.41, 5.74) is 1.63. The van der Waals surface area contributed by atoms with E-state index in [0.29, 0.717) is 17.1 Å². The highest BCUT2D eigenvalue weighted by Crippen LogP contribution is 2.30. The molecule has 2 aromatic carbocycles. The van der Waals surface area contributed by atoms with Crippen molar-refractivity contribution in [2.75, 3.05) is 20.8 Å². The van der Waals surface area contributed by atoms with Crippen LogP contribution in [0.3, 0.4) is 0 Å². The molecule has 4 nitrogen and oxygen atoms in total. The lowest BCUT2D eigenvalue weighted by atomic mass is 10.0. The van der Waals surface area contributed by atoms with Crippen LogP contribution >= 0.6 is 0 Å². The molecule has 5 heteroatoms. The van der Waals surface area contributed by atoms with Crippen LogP contribution in [-0.2, 0) is 6.42 Å². The van der Waals surface area contributed by atoms with E-state index >= 15 is 0 Å². The Morgan fingerprint density at radius 1 is 1.12 bits per heavy atom. The van der Waals surface area contributed by atoms with E-state index in [-0.39, 0.29) is 17.8 Å². The average molecular weight is 343 g/mol. The smallest absolute Gasteiger partial charge is 0.254 e. The monoisotopic (exact) mass is 343 g/mol. The van der Waals surface area contributed by atoms with Crippen LogP contribution in [0.5, 0.6) is 11.5 Å². The fourth-order valence-electron chi connectivity index (χ4n) is 3.34. The van der Waals surface area contributed by atoms with E-state index in [4.69, 9.17) is 9.47 Å². The summed E-state index contributed by atoms with van der Waals surface area (Å²) >= 11 is 0. The molecule has 1 amide bonds. The van der Waals surface area contributed by atoms with Gasteiger partial charge in [0.05, 0.1) is 14.2 Å². The number of benzene rings is 2. The lowest BCUT2D eigenvalue weighted by Crippen LogP contribution is -2.36. The van der Waals surface area contributed by atoms with Gasteiger partial charge in [-0.1, -0.05) is 12.1 Å². The van der Waals surface area contributed by atoms with E-state index in [1.165, 1.54) is 12.1 Å². The molecule has 132 valence electrons. The van der Waals surface area contributed by atoms with Crippen LogP contribution in [0.4, 0.5) is 4.39 Å². The number of rotatable bonds is 5. The second kappa shape index (κ2) is 7.55. The van der Waals surface area contributed by atoms with Gasteiger partial charge in [0.25, 0.3) is 5.91 Å². The highest BCUT2D eigenvalue weighted by Gasteiger charge is 2.29.